The lowest BCUT2D eigenvalue weighted by Gasteiger charge is -2.31. The number of nitrogens with zero attached hydrogens (tertiary/aromatic N) is 3. The zero-order chi connectivity index (χ0) is 26.1. The Balaban J connectivity index is 1.64. The van der Waals surface area contributed by atoms with E-state index in [0.717, 1.165) is 9.21 Å². The average molecular weight is 557 g/mol. The molecular formula is C22H25ClN4O7S2. The normalized spacial score (nSPS) is 19.9. The van der Waals surface area contributed by atoms with Crippen molar-refractivity contribution in [2.24, 2.45) is 5.14 Å². The molecular weight excluding hydrogens is 532 g/mol. The summed E-state index contributed by atoms with van der Waals surface area (Å²) in [6.07, 6.45) is -0.355. The number of imide groups is 1. The van der Waals surface area contributed by atoms with E-state index in [-0.39, 0.29) is 28.4 Å². The minimum absolute atomic E-state index is 0.0210. The Hall–Kier alpha value is -2.39. The predicted molar refractivity (Wildman–Crippen MR) is 131 cm³/mol. The molecule has 2 aliphatic rings. The minimum Gasteiger partial charge on any atom is -0.379 e. The van der Waals surface area contributed by atoms with Gasteiger partial charge < -0.3 is 4.74 Å². The number of nitrogens with two attached hydrogens (primary N) is 1. The van der Waals surface area contributed by atoms with Crippen molar-refractivity contribution in [2.75, 3.05) is 44.3 Å². The third kappa shape index (κ3) is 5.62. The van der Waals surface area contributed by atoms with Gasteiger partial charge >= 0.3 is 0 Å². The van der Waals surface area contributed by atoms with Gasteiger partial charge in [-0.25, -0.2) is 26.9 Å². The highest BCUT2D eigenvalue weighted by molar-refractivity contribution is 7.89. The summed E-state index contributed by atoms with van der Waals surface area (Å²) in [4.78, 5) is 29.0. The van der Waals surface area contributed by atoms with E-state index < -0.39 is 37.9 Å². The van der Waals surface area contributed by atoms with Crippen molar-refractivity contribution in [1.82, 2.24) is 9.21 Å². The van der Waals surface area contributed by atoms with Crippen molar-refractivity contribution in [2.45, 2.75) is 22.3 Å². The van der Waals surface area contributed by atoms with Crippen molar-refractivity contribution < 1.29 is 31.2 Å². The van der Waals surface area contributed by atoms with Gasteiger partial charge in [0.25, 0.3) is 5.91 Å². The lowest BCUT2D eigenvalue weighted by Crippen LogP contribution is -2.49. The SMILES string of the molecule is NS(=O)(=O)c1ccc(N2C(=O)CC(N(CCN3CCOCC3)S(=O)(=O)c3ccc(Cl)cc3)C2=O)cc1. The van der Waals surface area contributed by atoms with Crippen LogP contribution in [0.2, 0.25) is 5.02 Å². The Bertz CT molecular complexity index is 1340. The fourth-order valence-corrected chi connectivity index (χ4v) is 6.36. The van der Waals surface area contributed by atoms with E-state index >= 15 is 0 Å². The lowest BCUT2D eigenvalue weighted by atomic mass is 10.2. The van der Waals surface area contributed by atoms with Gasteiger partial charge in [0.15, 0.2) is 0 Å². The van der Waals surface area contributed by atoms with E-state index in [9.17, 15) is 26.4 Å². The Labute approximate surface area is 214 Å². The van der Waals surface area contributed by atoms with Crippen LogP contribution >= 0.6 is 11.6 Å². The van der Waals surface area contributed by atoms with Crippen LogP contribution in [0.5, 0.6) is 0 Å². The van der Waals surface area contributed by atoms with E-state index in [4.69, 9.17) is 21.5 Å². The molecule has 2 aromatic rings. The summed E-state index contributed by atoms with van der Waals surface area (Å²) in [5.41, 5.74) is 0.122. The Morgan fingerprint density at radius 2 is 1.53 bits per heavy atom. The number of benzene rings is 2. The summed E-state index contributed by atoms with van der Waals surface area (Å²) in [5, 5.41) is 5.47. The number of anilines is 1. The van der Waals surface area contributed by atoms with Crippen LogP contribution in [-0.2, 0) is 34.4 Å². The maximum atomic E-state index is 13.6. The summed E-state index contributed by atoms with van der Waals surface area (Å²) >= 11 is 5.92. The molecule has 14 heteroatoms. The van der Waals surface area contributed by atoms with Crippen molar-refractivity contribution in [1.29, 1.82) is 0 Å². The highest BCUT2D eigenvalue weighted by atomic mass is 35.5. The highest BCUT2D eigenvalue weighted by Crippen LogP contribution is 2.30. The minimum atomic E-state index is -4.17. The molecule has 2 N–H and O–H groups in total. The third-order valence-electron chi connectivity index (χ3n) is 6.05. The lowest BCUT2D eigenvalue weighted by molar-refractivity contribution is -0.122. The van der Waals surface area contributed by atoms with Crippen molar-refractivity contribution in [3.63, 3.8) is 0 Å². The van der Waals surface area contributed by atoms with Crippen molar-refractivity contribution >= 4 is 49.1 Å². The molecule has 2 saturated heterocycles. The predicted octanol–water partition coefficient (Wildman–Crippen LogP) is 0.642. The van der Waals surface area contributed by atoms with Gasteiger partial charge in [-0.05, 0) is 48.5 Å². The second-order valence-electron chi connectivity index (χ2n) is 8.35. The number of hydrogen-bond donors (Lipinski definition) is 1. The number of carbonyl (C=O) groups excluding carboxylic acids is 2. The van der Waals surface area contributed by atoms with Crippen LogP contribution in [0.15, 0.2) is 58.3 Å². The van der Waals surface area contributed by atoms with E-state index in [1.165, 1.54) is 48.5 Å². The van der Waals surface area contributed by atoms with E-state index in [0.29, 0.717) is 37.9 Å². The molecule has 194 valence electrons. The number of primary sulfonamides is 1. The molecule has 0 radical (unpaired) electrons. The van der Waals surface area contributed by atoms with Gasteiger partial charge in [0.2, 0.25) is 26.0 Å². The van der Waals surface area contributed by atoms with Crippen molar-refractivity contribution in [3.05, 3.63) is 53.6 Å². The van der Waals surface area contributed by atoms with Crippen LogP contribution < -0.4 is 10.0 Å². The number of sulfonamides is 2. The molecule has 4 rings (SSSR count). The van der Waals surface area contributed by atoms with Gasteiger partial charge in [-0.1, -0.05) is 11.6 Å². The van der Waals surface area contributed by atoms with Crippen LogP contribution in [0, 0.1) is 0 Å². The maximum Gasteiger partial charge on any atom is 0.252 e. The van der Waals surface area contributed by atoms with E-state index in [1.807, 2.05) is 4.90 Å². The Morgan fingerprint density at radius 3 is 2.11 bits per heavy atom. The highest BCUT2D eigenvalue weighted by Gasteiger charge is 2.47. The summed E-state index contributed by atoms with van der Waals surface area (Å²) in [7, 11) is -8.13. The van der Waals surface area contributed by atoms with Crippen molar-refractivity contribution in [3.8, 4) is 0 Å². The molecule has 0 saturated carbocycles. The fourth-order valence-electron chi connectivity index (χ4n) is 4.15. The molecule has 1 atom stereocenters. The molecule has 2 fully saturated rings. The van der Waals surface area contributed by atoms with Crippen LogP contribution in [0.3, 0.4) is 0 Å². The molecule has 0 spiro atoms. The van der Waals surface area contributed by atoms with Gasteiger partial charge in [-0.15, -0.1) is 0 Å². The number of hydrogen-bond acceptors (Lipinski definition) is 8. The van der Waals surface area contributed by atoms with Gasteiger partial charge in [0.05, 0.1) is 35.1 Å². The fraction of sp³-hybridized carbons (Fsp3) is 0.364. The summed E-state index contributed by atoms with van der Waals surface area (Å²) in [6.45, 7) is 2.61. The quantitative estimate of drug-likeness (QED) is 0.466. The second kappa shape index (κ2) is 10.5. The van der Waals surface area contributed by atoms with Crippen LogP contribution in [0.1, 0.15) is 6.42 Å². The largest absolute Gasteiger partial charge is 0.379 e. The van der Waals surface area contributed by atoms with Crippen LogP contribution in [-0.4, -0.2) is 83.3 Å². The number of rotatable bonds is 8. The molecule has 1 unspecified atom stereocenters. The summed E-state index contributed by atoms with van der Waals surface area (Å²) < 4.78 is 56.7. The summed E-state index contributed by atoms with van der Waals surface area (Å²) in [5.74, 6) is -1.32. The number of ether oxygens (including phenoxy) is 1. The topological polar surface area (TPSA) is 147 Å². The molecule has 0 aliphatic carbocycles. The number of carbonyl (C=O) groups is 2. The van der Waals surface area contributed by atoms with Gasteiger partial charge in [0.1, 0.15) is 6.04 Å². The van der Waals surface area contributed by atoms with E-state index in [1.54, 1.807) is 0 Å². The smallest absolute Gasteiger partial charge is 0.252 e. The standard InChI is InChI=1S/C22H25ClN4O7S2/c23-16-1-5-19(6-2-16)36(32,33)26(10-9-25-11-13-34-14-12-25)20-15-21(28)27(22(20)29)17-3-7-18(8-4-17)35(24,30)31/h1-8,20H,9-15H2,(H2,24,30,31). The second-order valence-corrected chi connectivity index (χ2v) is 12.2. The molecule has 2 aromatic carbocycles. The molecule has 11 nitrogen and oxygen atoms in total. The summed E-state index contributed by atoms with van der Waals surface area (Å²) in [6, 6.07) is 9.24. The molecule has 2 aliphatic heterocycles. The number of halogens is 1. The monoisotopic (exact) mass is 556 g/mol. The van der Waals surface area contributed by atoms with Gasteiger partial charge in [0, 0.05) is 31.2 Å². The number of amides is 2. The maximum absolute atomic E-state index is 13.6. The van der Waals surface area contributed by atoms with Crippen LogP contribution in [0.4, 0.5) is 5.69 Å². The Morgan fingerprint density at radius 1 is 0.944 bits per heavy atom. The van der Waals surface area contributed by atoms with E-state index in [2.05, 4.69) is 0 Å². The Kier molecular flexibility index (Phi) is 7.80. The number of morpholine rings is 1. The molecule has 0 bridgehead atoms. The van der Waals surface area contributed by atoms with Crippen LogP contribution in [0.25, 0.3) is 0 Å². The first kappa shape index (κ1) is 26.7. The third-order valence-corrected chi connectivity index (χ3v) is 9.16. The zero-order valence-corrected chi connectivity index (χ0v) is 21.5. The zero-order valence-electron chi connectivity index (χ0n) is 19.1. The average Bonchev–Trinajstić information content (AvgIpc) is 3.13. The first-order chi connectivity index (χ1) is 17.0. The van der Waals surface area contributed by atoms with Gasteiger partial charge in [-0.2, -0.15) is 4.31 Å². The molecule has 36 heavy (non-hydrogen) atoms. The first-order valence-electron chi connectivity index (χ1n) is 11.1. The van der Waals surface area contributed by atoms with Gasteiger partial charge in [-0.3, -0.25) is 14.5 Å². The molecule has 0 aromatic heterocycles. The first-order valence-corrected chi connectivity index (χ1v) is 14.4. The molecule has 2 heterocycles. The molecule has 2 amide bonds.